The van der Waals surface area contributed by atoms with Crippen molar-refractivity contribution < 1.29 is 5.11 Å². The summed E-state index contributed by atoms with van der Waals surface area (Å²) in [7, 11) is 0. The molecule has 3 rings (SSSR count). The van der Waals surface area contributed by atoms with Crippen LogP contribution in [0.1, 0.15) is 30.3 Å². The lowest BCUT2D eigenvalue weighted by Crippen LogP contribution is -2.31. The molecule has 1 atom stereocenters. The van der Waals surface area contributed by atoms with Gasteiger partial charge in [-0.25, -0.2) is 0 Å². The molecule has 1 heterocycles. The lowest BCUT2D eigenvalue weighted by Gasteiger charge is -2.15. The van der Waals surface area contributed by atoms with E-state index >= 15 is 0 Å². The van der Waals surface area contributed by atoms with Crippen molar-refractivity contribution in [3.63, 3.8) is 0 Å². The van der Waals surface area contributed by atoms with Crippen LogP contribution >= 0.6 is 12.4 Å². The van der Waals surface area contributed by atoms with Gasteiger partial charge in [0.15, 0.2) is 0 Å². The molecule has 1 unspecified atom stereocenters. The van der Waals surface area contributed by atoms with Gasteiger partial charge in [-0.05, 0) is 43.4 Å². The molecule has 2 aromatic carbocycles. The maximum Gasteiger partial charge on any atom is 0.0584 e. The van der Waals surface area contributed by atoms with E-state index in [4.69, 9.17) is 0 Å². The quantitative estimate of drug-likeness (QED) is 0.679. The Hall–Kier alpha value is -1.81. The lowest BCUT2D eigenvalue weighted by molar-refractivity contribution is 0.238. The number of halogens is 1. The van der Waals surface area contributed by atoms with Crippen molar-refractivity contribution in [3.8, 4) is 5.69 Å². The van der Waals surface area contributed by atoms with Crippen LogP contribution in [0.4, 0.5) is 0 Å². The molecule has 3 nitrogen and oxygen atoms in total. The van der Waals surface area contributed by atoms with Crippen molar-refractivity contribution in [2.75, 3.05) is 6.61 Å². The number of benzene rings is 2. The minimum atomic E-state index is 0. The molecule has 3 aromatic rings. The van der Waals surface area contributed by atoms with Crippen LogP contribution in [0.3, 0.4) is 0 Å². The molecule has 134 valence electrons. The Balaban J connectivity index is 0.00000225. The Labute approximate surface area is 156 Å². The first-order valence-electron chi connectivity index (χ1n) is 8.66. The fraction of sp³-hybridized carbons (Fsp3) is 0.333. The highest BCUT2D eigenvalue weighted by Gasteiger charge is 2.13. The van der Waals surface area contributed by atoms with Gasteiger partial charge in [-0.1, -0.05) is 43.3 Å². The van der Waals surface area contributed by atoms with E-state index in [0.717, 1.165) is 13.0 Å². The molecule has 4 heteroatoms. The van der Waals surface area contributed by atoms with Gasteiger partial charge in [-0.3, -0.25) is 0 Å². The molecule has 2 N–H and O–H groups in total. The van der Waals surface area contributed by atoms with Gasteiger partial charge in [-0.2, -0.15) is 0 Å². The van der Waals surface area contributed by atoms with E-state index in [1.165, 1.54) is 33.4 Å². The van der Waals surface area contributed by atoms with E-state index in [0.29, 0.717) is 0 Å². The molecule has 0 fully saturated rings. The summed E-state index contributed by atoms with van der Waals surface area (Å²) in [5, 5.41) is 15.3. The molecule has 25 heavy (non-hydrogen) atoms. The topological polar surface area (TPSA) is 37.2 Å². The first-order valence-corrected chi connectivity index (χ1v) is 8.66. The third kappa shape index (κ3) is 3.90. The largest absolute Gasteiger partial charge is 0.395 e. The minimum Gasteiger partial charge on any atom is -0.395 e. The van der Waals surface area contributed by atoms with Crippen molar-refractivity contribution in [2.24, 2.45) is 0 Å². The zero-order chi connectivity index (χ0) is 17.1. The number of aromatic nitrogens is 1. The average molecular weight is 359 g/mol. The van der Waals surface area contributed by atoms with Crippen molar-refractivity contribution >= 4 is 23.2 Å². The molecular weight excluding hydrogens is 332 g/mol. The van der Waals surface area contributed by atoms with Gasteiger partial charge in [-0.15, -0.1) is 12.4 Å². The molecule has 0 aliphatic carbocycles. The second kappa shape index (κ2) is 8.52. The summed E-state index contributed by atoms with van der Waals surface area (Å²) in [6, 6.07) is 17.4. The van der Waals surface area contributed by atoms with Crippen molar-refractivity contribution in [3.05, 3.63) is 65.5 Å². The van der Waals surface area contributed by atoms with Gasteiger partial charge in [0.05, 0.1) is 12.3 Å². The molecule has 0 amide bonds. The van der Waals surface area contributed by atoms with Gasteiger partial charge in [0.25, 0.3) is 0 Å². The van der Waals surface area contributed by atoms with Gasteiger partial charge >= 0.3 is 0 Å². The number of nitrogens with one attached hydrogen (secondary N) is 1. The zero-order valence-corrected chi connectivity index (χ0v) is 15.9. The number of aliphatic hydroxyl groups excluding tert-OH is 1. The number of hydrogen-bond donors (Lipinski definition) is 2. The molecule has 0 radical (unpaired) electrons. The number of rotatable bonds is 6. The Kier molecular flexibility index (Phi) is 6.65. The predicted molar refractivity (Wildman–Crippen MR) is 108 cm³/mol. The zero-order valence-electron chi connectivity index (χ0n) is 15.1. The summed E-state index contributed by atoms with van der Waals surface area (Å²) in [4.78, 5) is 0. The fourth-order valence-electron chi connectivity index (χ4n) is 3.37. The molecule has 0 saturated heterocycles. The molecule has 0 aliphatic heterocycles. The number of hydrogen-bond acceptors (Lipinski definition) is 2. The van der Waals surface area contributed by atoms with Crippen LogP contribution in [0.2, 0.25) is 0 Å². The predicted octanol–water partition coefficient (Wildman–Crippen LogP) is 4.53. The van der Waals surface area contributed by atoms with E-state index in [1.807, 2.05) is 0 Å². The number of aliphatic hydroxyl groups is 1. The van der Waals surface area contributed by atoms with Gasteiger partial charge in [0, 0.05) is 29.4 Å². The average Bonchev–Trinajstić information content (AvgIpc) is 2.89. The van der Waals surface area contributed by atoms with Gasteiger partial charge < -0.3 is 15.0 Å². The van der Waals surface area contributed by atoms with Gasteiger partial charge in [0.2, 0.25) is 0 Å². The highest BCUT2D eigenvalue weighted by atomic mass is 35.5. The van der Waals surface area contributed by atoms with E-state index in [1.54, 1.807) is 0 Å². The summed E-state index contributed by atoms with van der Waals surface area (Å²) in [6.45, 7) is 7.38. The second-order valence-electron chi connectivity index (χ2n) is 6.40. The van der Waals surface area contributed by atoms with E-state index in [-0.39, 0.29) is 25.1 Å². The number of fused-ring (bicyclic) bond motifs is 1. The fourth-order valence-corrected chi connectivity index (χ4v) is 3.37. The third-order valence-electron chi connectivity index (χ3n) is 4.84. The van der Waals surface area contributed by atoms with Crippen molar-refractivity contribution in [2.45, 2.75) is 39.8 Å². The highest BCUT2D eigenvalue weighted by Crippen LogP contribution is 2.27. The smallest absolute Gasteiger partial charge is 0.0584 e. The molecule has 0 bridgehead atoms. The Bertz CT molecular complexity index is 832. The molecule has 0 aliphatic rings. The van der Waals surface area contributed by atoms with Crippen LogP contribution in [0, 0.1) is 13.8 Å². The van der Waals surface area contributed by atoms with Crippen LogP contribution in [-0.2, 0) is 6.54 Å². The van der Waals surface area contributed by atoms with Crippen molar-refractivity contribution in [1.29, 1.82) is 0 Å². The van der Waals surface area contributed by atoms with Crippen LogP contribution in [0.25, 0.3) is 16.5 Å². The highest BCUT2D eigenvalue weighted by molar-refractivity contribution is 5.90. The molecule has 1 aromatic heterocycles. The van der Waals surface area contributed by atoms with Crippen LogP contribution in [0.5, 0.6) is 0 Å². The van der Waals surface area contributed by atoms with Crippen molar-refractivity contribution in [1.82, 2.24) is 9.88 Å². The first kappa shape index (κ1) is 19.5. The van der Waals surface area contributed by atoms with Crippen LogP contribution in [0.15, 0.2) is 48.5 Å². The van der Waals surface area contributed by atoms with Crippen LogP contribution in [-0.4, -0.2) is 22.3 Å². The Morgan fingerprint density at radius 3 is 2.52 bits per heavy atom. The molecule has 0 saturated carbocycles. The Morgan fingerprint density at radius 1 is 1.08 bits per heavy atom. The van der Waals surface area contributed by atoms with Crippen LogP contribution < -0.4 is 5.32 Å². The standard InChI is InChI=1S/C21H26N2O.ClH/c1-4-19(14-24)22-13-18-12-15(2)23(16(18)3)21-11-7-9-17-8-5-6-10-20(17)21;/h5-12,19,22,24H,4,13-14H2,1-3H3;1H. The first-order chi connectivity index (χ1) is 11.7. The van der Waals surface area contributed by atoms with E-state index < -0.39 is 0 Å². The second-order valence-corrected chi connectivity index (χ2v) is 6.40. The monoisotopic (exact) mass is 358 g/mol. The maximum absolute atomic E-state index is 9.36. The van der Waals surface area contributed by atoms with E-state index in [2.05, 4.69) is 79.2 Å². The maximum atomic E-state index is 9.36. The Morgan fingerprint density at radius 2 is 1.80 bits per heavy atom. The lowest BCUT2D eigenvalue weighted by atomic mass is 10.1. The molecular formula is C21H27ClN2O. The molecule has 0 spiro atoms. The summed E-state index contributed by atoms with van der Waals surface area (Å²) < 4.78 is 2.33. The summed E-state index contributed by atoms with van der Waals surface area (Å²) in [6.07, 6.45) is 0.929. The number of aryl methyl sites for hydroxylation is 1. The summed E-state index contributed by atoms with van der Waals surface area (Å²) >= 11 is 0. The third-order valence-corrected chi connectivity index (χ3v) is 4.84. The van der Waals surface area contributed by atoms with E-state index in [9.17, 15) is 5.11 Å². The summed E-state index contributed by atoms with van der Waals surface area (Å²) in [5.74, 6) is 0. The minimum absolute atomic E-state index is 0. The number of nitrogens with zero attached hydrogens (tertiary/aromatic N) is 1. The normalized spacial score (nSPS) is 12.2. The van der Waals surface area contributed by atoms with Gasteiger partial charge in [0.1, 0.15) is 0 Å². The summed E-state index contributed by atoms with van der Waals surface area (Å²) in [5.41, 5.74) is 5.00. The SMILES string of the molecule is CCC(CO)NCc1cc(C)n(-c2cccc3ccccc23)c1C.Cl.